The molecule has 1 aromatic heterocycles. The van der Waals surface area contributed by atoms with Crippen molar-refractivity contribution in [1.82, 2.24) is 14.6 Å². The minimum atomic E-state index is -3.19. The lowest BCUT2D eigenvalue weighted by atomic mass is 9.95. The van der Waals surface area contributed by atoms with E-state index in [4.69, 9.17) is 11.6 Å². The summed E-state index contributed by atoms with van der Waals surface area (Å²) in [6.45, 7) is 1.56. The Morgan fingerprint density at radius 3 is 2.76 bits per heavy atom. The van der Waals surface area contributed by atoms with Gasteiger partial charge >= 0.3 is 0 Å². The molecule has 0 saturated carbocycles. The fourth-order valence-corrected chi connectivity index (χ4v) is 4.69. The molecule has 1 fully saturated rings. The third-order valence-electron chi connectivity index (χ3n) is 5.19. The van der Waals surface area contributed by atoms with Crippen molar-refractivity contribution < 1.29 is 13.2 Å². The van der Waals surface area contributed by atoms with Crippen LogP contribution in [-0.2, 0) is 16.4 Å². The zero-order chi connectivity index (χ0) is 20.9. The van der Waals surface area contributed by atoms with Gasteiger partial charge in [0.15, 0.2) is 0 Å². The quantitative estimate of drug-likeness (QED) is 0.677. The first-order valence-corrected chi connectivity index (χ1v) is 12.0. The average Bonchev–Trinajstić information content (AvgIpc) is 2.72. The summed E-state index contributed by atoms with van der Waals surface area (Å²) < 4.78 is 25.1. The van der Waals surface area contributed by atoms with Gasteiger partial charge in [0.05, 0.1) is 11.8 Å². The van der Waals surface area contributed by atoms with Crippen molar-refractivity contribution in [3.8, 4) is 0 Å². The largest absolute Gasteiger partial charge is 0.352 e. The maximum Gasteiger partial charge on any atom is 0.252 e. The van der Waals surface area contributed by atoms with Crippen LogP contribution in [0.5, 0.6) is 0 Å². The second kappa shape index (κ2) is 9.69. The molecule has 0 aliphatic carbocycles. The van der Waals surface area contributed by atoms with Gasteiger partial charge in [-0.25, -0.2) is 12.7 Å². The number of aryl methyl sites for hydroxylation is 1. The van der Waals surface area contributed by atoms with Crippen molar-refractivity contribution in [1.29, 1.82) is 0 Å². The van der Waals surface area contributed by atoms with E-state index in [9.17, 15) is 13.2 Å². The fraction of sp³-hybridized carbons (Fsp3) is 0.429. The van der Waals surface area contributed by atoms with Gasteiger partial charge < -0.3 is 5.32 Å². The van der Waals surface area contributed by atoms with E-state index in [0.29, 0.717) is 25.2 Å². The highest BCUT2D eigenvalue weighted by molar-refractivity contribution is 7.88. The molecule has 1 saturated heterocycles. The van der Waals surface area contributed by atoms with Gasteiger partial charge in [-0.15, -0.1) is 0 Å². The molecule has 29 heavy (non-hydrogen) atoms. The molecule has 2 aromatic rings. The Morgan fingerprint density at radius 1 is 1.28 bits per heavy atom. The average molecular weight is 436 g/mol. The topological polar surface area (TPSA) is 79.4 Å². The van der Waals surface area contributed by atoms with Crippen LogP contribution >= 0.6 is 11.6 Å². The van der Waals surface area contributed by atoms with Crippen molar-refractivity contribution in [2.24, 2.45) is 0 Å². The predicted octanol–water partition coefficient (Wildman–Crippen LogP) is 3.24. The molecule has 0 bridgehead atoms. The smallest absolute Gasteiger partial charge is 0.252 e. The van der Waals surface area contributed by atoms with Crippen LogP contribution in [0.2, 0.25) is 5.02 Å². The van der Waals surface area contributed by atoms with Gasteiger partial charge in [0, 0.05) is 42.5 Å². The summed E-state index contributed by atoms with van der Waals surface area (Å²) in [6.07, 6.45) is 6.11. The molecule has 0 unspecified atom stereocenters. The number of halogens is 1. The second-order valence-corrected chi connectivity index (χ2v) is 9.77. The molecule has 1 amide bonds. The van der Waals surface area contributed by atoms with Crippen LogP contribution in [0.4, 0.5) is 0 Å². The number of aromatic nitrogens is 1. The van der Waals surface area contributed by atoms with Crippen LogP contribution < -0.4 is 5.32 Å². The Morgan fingerprint density at radius 2 is 2.07 bits per heavy atom. The molecule has 1 aliphatic rings. The molecule has 6 nitrogen and oxygen atoms in total. The number of hydrogen-bond donors (Lipinski definition) is 1. The second-order valence-electron chi connectivity index (χ2n) is 7.38. The molecule has 8 heteroatoms. The number of carbonyl (C=O) groups is 1. The van der Waals surface area contributed by atoms with Gasteiger partial charge in [0.25, 0.3) is 5.91 Å². The Kier molecular flexibility index (Phi) is 7.27. The zero-order valence-electron chi connectivity index (χ0n) is 16.5. The summed E-state index contributed by atoms with van der Waals surface area (Å²) in [6, 6.07) is 11.3. The molecule has 0 radical (unpaired) electrons. The van der Waals surface area contributed by atoms with Crippen molar-refractivity contribution >= 4 is 27.5 Å². The first-order valence-electron chi connectivity index (χ1n) is 9.77. The molecule has 156 valence electrons. The highest BCUT2D eigenvalue weighted by atomic mass is 35.5. The zero-order valence-corrected chi connectivity index (χ0v) is 18.0. The van der Waals surface area contributed by atoms with Crippen LogP contribution in [0.3, 0.4) is 0 Å². The first-order chi connectivity index (χ1) is 13.8. The molecule has 0 spiro atoms. The lowest BCUT2D eigenvalue weighted by molar-refractivity contribution is 0.0953. The molecular weight excluding hydrogens is 410 g/mol. The van der Waals surface area contributed by atoms with Crippen LogP contribution in [0, 0.1) is 0 Å². The van der Waals surface area contributed by atoms with E-state index < -0.39 is 10.0 Å². The Bertz CT molecular complexity index is 948. The van der Waals surface area contributed by atoms with E-state index in [2.05, 4.69) is 10.3 Å². The number of nitrogens with zero attached hydrogens (tertiary/aromatic N) is 2. The number of nitrogens with one attached hydrogen (secondary N) is 1. The van der Waals surface area contributed by atoms with Gasteiger partial charge in [-0.3, -0.25) is 9.78 Å². The Hall–Kier alpha value is -1.96. The number of piperidine rings is 1. The molecule has 3 rings (SSSR count). The van der Waals surface area contributed by atoms with Crippen LogP contribution in [0.25, 0.3) is 0 Å². The number of amides is 1. The third kappa shape index (κ3) is 6.01. The minimum absolute atomic E-state index is 0.0613. The van der Waals surface area contributed by atoms with Crippen LogP contribution in [0.1, 0.15) is 46.8 Å². The number of rotatable bonds is 7. The molecule has 1 atom stereocenters. The number of benzene rings is 1. The normalized spacial score (nSPS) is 17.8. The minimum Gasteiger partial charge on any atom is -0.352 e. The van der Waals surface area contributed by atoms with E-state index in [0.717, 1.165) is 42.0 Å². The molecular formula is C21H26ClN3O3S. The summed E-state index contributed by atoms with van der Waals surface area (Å²) in [7, 11) is -3.19. The van der Waals surface area contributed by atoms with Gasteiger partial charge in [0.1, 0.15) is 0 Å². The first kappa shape index (κ1) is 21.7. The van der Waals surface area contributed by atoms with Gasteiger partial charge in [-0.1, -0.05) is 29.8 Å². The van der Waals surface area contributed by atoms with E-state index in [-0.39, 0.29) is 11.8 Å². The fourth-order valence-electron chi connectivity index (χ4n) is 3.55. The standard InChI is InChI=1S/C21H26ClN3O3S/c1-29(27,28)25-13-5-8-18(15-25)20-11-10-17(14-24-20)21(26)23-12-4-7-16-6-2-3-9-19(16)22/h2-3,6,9-11,14,18H,4-5,7-8,12-13,15H2,1H3,(H,23,26)/t18-/m0/s1. The van der Waals surface area contributed by atoms with Gasteiger partial charge in [0.2, 0.25) is 10.0 Å². The van der Waals surface area contributed by atoms with Gasteiger partial charge in [-0.05, 0) is 49.4 Å². The highest BCUT2D eigenvalue weighted by Crippen LogP contribution is 2.26. The van der Waals surface area contributed by atoms with E-state index in [1.54, 1.807) is 12.3 Å². The number of hydrogen-bond acceptors (Lipinski definition) is 4. The SMILES string of the molecule is CS(=O)(=O)N1CCC[C@H](c2ccc(C(=O)NCCCc3ccccc3Cl)cn2)C1. The Balaban J connectivity index is 1.50. The lowest BCUT2D eigenvalue weighted by Crippen LogP contribution is -2.38. The third-order valence-corrected chi connectivity index (χ3v) is 6.82. The predicted molar refractivity (Wildman–Crippen MR) is 115 cm³/mol. The maximum absolute atomic E-state index is 12.3. The summed E-state index contributed by atoms with van der Waals surface area (Å²) in [5.41, 5.74) is 2.40. The Labute approximate surface area is 177 Å². The monoisotopic (exact) mass is 435 g/mol. The van der Waals surface area contributed by atoms with Gasteiger partial charge in [-0.2, -0.15) is 0 Å². The van der Waals surface area contributed by atoms with E-state index >= 15 is 0 Å². The van der Waals surface area contributed by atoms with E-state index in [1.165, 1.54) is 10.6 Å². The van der Waals surface area contributed by atoms with Crippen molar-refractivity contribution in [2.75, 3.05) is 25.9 Å². The molecule has 1 N–H and O–H groups in total. The number of carbonyl (C=O) groups excluding carboxylic acids is 1. The maximum atomic E-state index is 12.3. The van der Waals surface area contributed by atoms with Crippen molar-refractivity contribution in [3.63, 3.8) is 0 Å². The summed E-state index contributed by atoms with van der Waals surface area (Å²) in [4.78, 5) is 16.8. The lowest BCUT2D eigenvalue weighted by Gasteiger charge is -2.30. The molecule has 2 heterocycles. The van der Waals surface area contributed by atoms with Crippen molar-refractivity contribution in [3.05, 3.63) is 64.4 Å². The summed E-state index contributed by atoms with van der Waals surface area (Å²) in [5.74, 6) is -0.101. The summed E-state index contributed by atoms with van der Waals surface area (Å²) >= 11 is 6.14. The number of pyridine rings is 1. The number of sulfonamides is 1. The van der Waals surface area contributed by atoms with Crippen LogP contribution in [-0.4, -0.2) is 49.5 Å². The van der Waals surface area contributed by atoms with Crippen LogP contribution in [0.15, 0.2) is 42.6 Å². The molecule has 1 aliphatic heterocycles. The van der Waals surface area contributed by atoms with Crippen molar-refractivity contribution in [2.45, 2.75) is 31.6 Å². The molecule has 1 aromatic carbocycles. The summed E-state index contributed by atoms with van der Waals surface area (Å²) in [5, 5.41) is 3.65. The highest BCUT2D eigenvalue weighted by Gasteiger charge is 2.27. The van der Waals surface area contributed by atoms with E-state index in [1.807, 2.05) is 30.3 Å².